The Morgan fingerprint density at radius 2 is 2.11 bits per heavy atom. The molecule has 1 saturated heterocycles. The molecule has 3 aromatic rings. The number of aromatic nitrogens is 2. The molecule has 4 nitrogen and oxygen atoms in total. The summed E-state index contributed by atoms with van der Waals surface area (Å²) in [6, 6.07) is 15.6. The average molecular weight is 463 g/mol. The van der Waals surface area contributed by atoms with E-state index in [0.29, 0.717) is 6.04 Å². The SMILES string of the molecule is Brc1ccc(-c2[nH]ncc2CNCC2CSCCN2Cc2ccccc2)s1. The second-order valence-electron chi connectivity index (χ2n) is 6.69. The van der Waals surface area contributed by atoms with E-state index in [1.54, 1.807) is 11.3 Å². The fourth-order valence-electron chi connectivity index (χ4n) is 3.38. The Morgan fingerprint density at radius 3 is 2.93 bits per heavy atom. The lowest BCUT2D eigenvalue weighted by atomic mass is 10.1. The molecule has 7 heteroatoms. The van der Waals surface area contributed by atoms with Crippen molar-refractivity contribution in [1.29, 1.82) is 0 Å². The summed E-state index contributed by atoms with van der Waals surface area (Å²) < 4.78 is 1.14. The summed E-state index contributed by atoms with van der Waals surface area (Å²) in [5.74, 6) is 2.42. The predicted octanol–water partition coefficient (Wildman–Crippen LogP) is 4.61. The smallest absolute Gasteiger partial charge is 0.0795 e. The van der Waals surface area contributed by atoms with E-state index >= 15 is 0 Å². The van der Waals surface area contributed by atoms with Gasteiger partial charge in [0.1, 0.15) is 0 Å². The Bertz CT molecular complexity index is 849. The molecule has 1 atom stereocenters. The predicted molar refractivity (Wildman–Crippen MR) is 119 cm³/mol. The van der Waals surface area contributed by atoms with Crippen LogP contribution in [-0.4, -0.2) is 45.7 Å². The van der Waals surface area contributed by atoms with Crippen molar-refractivity contribution in [1.82, 2.24) is 20.4 Å². The quantitative estimate of drug-likeness (QED) is 0.537. The summed E-state index contributed by atoms with van der Waals surface area (Å²) in [6.45, 7) is 4.03. The minimum Gasteiger partial charge on any atom is -0.311 e. The normalized spacial score (nSPS) is 18.0. The van der Waals surface area contributed by atoms with Crippen LogP contribution in [0.4, 0.5) is 0 Å². The fraction of sp³-hybridized carbons (Fsp3) is 0.350. The highest BCUT2D eigenvalue weighted by atomic mass is 79.9. The van der Waals surface area contributed by atoms with Gasteiger partial charge in [-0.1, -0.05) is 30.3 Å². The maximum atomic E-state index is 4.26. The number of thiophene rings is 1. The molecule has 0 aliphatic carbocycles. The first-order chi connectivity index (χ1) is 13.3. The van der Waals surface area contributed by atoms with Crippen molar-refractivity contribution >= 4 is 39.0 Å². The maximum absolute atomic E-state index is 4.26. The Hall–Kier alpha value is -1.12. The van der Waals surface area contributed by atoms with E-state index in [-0.39, 0.29) is 0 Å². The van der Waals surface area contributed by atoms with Crippen LogP contribution in [0.3, 0.4) is 0 Å². The number of benzene rings is 1. The second kappa shape index (κ2) is 9.39. The van der Waals surface area contributed by atoms with Gasteiger partial charge in [-0.25, -0.2) is 0 Å². The molecule has 0 spiro atoms. The molecule has 1 aliphatic heterocycles. The van der Waals surface area contributed by atoms with Gasteiger partial charge in [0.25, 0.3) is 0 Å². The van der Waals surface area contributed by atoms with E-state index in [0.717, 1.165) is 35.7 Å². The molecular weight excluding hydrogens is 440 g/mol. The molecule has 2 aromatic heterocycles. The number of aromatic amines is 1. The van der Waals surface area contributed by atoms with Gasteiger partial charge in [-0.05, 0) is 33.6 Å². The van der Waals surface area contributed by atoms with Crippen LogP contribution in [0.25, 0.3) is 10.6 Å². The molecule has 1 unspecified atom stereocenters. The van der Waals surface area contributed by atoms with E-state index in [2.05, 4.69) is 90.6 Å². The minimum absolute atomic E-state index is 0.565. The molecule has 27 heavy (non-hydrogen) atoms. The van der Waals surface area contributed by atoms with Gasteiger partial charge < -0.3 is 5.32 Å². The van der Waals surface area contributed by atoms with Crippen molar-refractivity contribution in [3.05, 3.63) is 63.6 Å². The van der Waals surface area contributed by atoms with E-state index in [1.165, 1.54) is 27.5 Å². The summed E-state index contributed by atoms with van der Waals surface area (Å²) in [4.78, 5) is 3.83. The van der Waals surface area contributed by atoms with Gasteiger partial charge in [0.15, 0.2) is 0 Å². The highest BCUT2D eigenvalue weighted by molar-refractivity contribution is 9.11. The van der Waals surface area contributed by atoms with Crippen molar-refractivity contribution in [2.45, 2.75) is 19.1 Å². The van der Waals surface area contributed by atoms with Crippen LogP contribution in [0.1, 0.15) is 11.1 Å². The zero-order valence-electron chi connectivity index (χ0n) is 15.0. The van der Waals surface area contributed by atoms with Gasteiger partial charge in [0.05, 0.1) is 20.6 Å². The van der Waals surface area contributed by atoms with Crippen molar-refractivity contribution < 1.29 is 0 Å². The fourth-order valence-corrected chi connectivity index (χ4v) is 5.93. The highest BCUT2D eigenvalue weighted by Crippen LogP contribution is 2.31. The lowest BCUT2D eigenvalue weighted by Gasteiger charge is -2.35. The van der Waals surface area contributed by atoms with Gasteiger partial charge in [-0.15, -0.1) is 11.3 Å². The van der Waals surface area contributed by atoms with Crippen LogP contribution in [0.5, 0.6) is 0 Å². The number of nitrogens with zero attached hydrogens (tertiary/aromatic N) is 2. The number of rotatable bonds is 7. The highest BCUT2D eigenvalue weighted by Gasteiger charge is 2.22. The lowest BCUT2D eigenvalue weighted by Crippen LogP contribution is -2.47. The molecule has 3 heterocycles. The summed E-state index contributed by atoms with van der Waals surface area (Å²) in [5, 5.41) is 11.1. The molecule has 0 amide bonds. The van der Waals surface area contributed by atoms with Gasteiger partial charge in [0, 0.05) is 49.3 Å². The first-order valence-corrected chi connectivity index (χ1v) is 11.9. The Balaban J connectivity index is 1.35. The van der Waals surface area contributed by atoms with Crippen LogP contribution >= 0.6 is 39.0 Å². The number of halogens is 1. The van der Waals surface area contributed by atoms with E-state index in [1.807, 2.05) is 6.20 Å². The van der Waals surface area contributed by atoms with Crippen molar-refractivity contribution in [3.8, 4) is 10.6 Å². The van der Waals surface area contributed by atoms with Crippen LogP contribution in [0, 0.1) is 0 Å². The number of thioether (sulfide) groups is 1. The van der Waals surface area contributed by atoms with Gasteiger partial charge in [0.2, 0.25) is 0 Å². The van der Waals surface area contributed by atoms with E-state index < -0.39 is 0 Å². The molecule has 1 aromatic carbocycles. The molecule has 142 valence electrons. The summed E-state index contributed by atoms with van der Waals surface area (Å²) in [7, 11) is 0. The third-order valence-corrected chi connectivity index (χ3v) is 7.54. The first kappa shape index (κ1) is 19.2. The summed E-state index contributed by atoms with van der Waals surface area (Å²) in [5.41, 5.74) is 3.74. The van der Waals surface area contributed by atoms with Crippen molar-refractivity contribution in [2.24, 2.45) is 0 Å². The number of H-pyrrole nitrogens is 1. The Kier molecular flexibility index (Phi) is 6.68. The van der Waals surface area contributed by atoms with Crippen LogP contribution in [0.2, 0.25) is 0 Å². The molecule has 0 bridgehead atoms. The molecule has 0 radical (unpaired) electrons. The third-order valence-electron chi connectivity index (χ3n) is 4.81. The topological polar surface area (TPSA) is 44.0 Å². The molecule has 2 N–H and O–H groups in total. The van der Waals surface area contributed by atoms with Crippen LogP contribution in [-0.2, 0) is 13.1 Å². The van der Waals surface area contributed by atoms with Gasteiger partial charge in [-0.2, -0.15) is 16.9 Å². The summed E-state index contributed by atoms with van der Waals surface area (Å²) >= 11 is 7.33. The summed E-state index contributed by atoms with van der Waals surface area (Å²) in [6.07, 6.45) is 1.94. The first-order valence-electron chi connectivity index (χ1n) is 9.14. The number of hydrogen-bond acceptors (Lipinski definition) is 5. The van der Waals surface area contributed by atoms with Gasteiger partial charge >= 0.3 is 0 Å². The largest absolute Gasteiger partial charge is 0.311 e. The van der Waals surface area contributed by atoms with Crippen LogP contribution < -0.4 is 5.32 Å². The van der Waals surface area contributed by atoms with Crippen LogP contribution in [0.15, 0.2) is 52.4 Å². The lowest BCUT2D eigenvalue weighted by molar-refractivity contribution is 0.205. The minimum atomic E-state index is 0.565. The monoisotopic (exact) mass is 462 g/mol. The molecule has 4 rings (SSSR count). The molecular formula is C20H23BrN4S2. The maximum Gasteiger partial charge on any atom is 0.0795 e. The second-order valence-corrected chi connectivity index (χ2v) is 10.3. The average Bonchev–Trinajstić information content (AvgIpc) is 3.33. The third kappa shape index (κ3) is 5.03. The van der Waals surface area contributed by atoms with Gasteiger partial charge in [-0.3, -0.25) is 10.00 Å². The standard InChI is InChI=1S/C20H23BrN4S2/c21-19-7-6-18(27-19)20-16(11-23-24-20)10-22-12-17-14-26-9-8-25(17)13-15-4-2-1-3-5-15/h1-7,11,17,22H,8-10,12-14H2,(H,23,24). The molecule has 0 saturated carbocycles. The Labute approximate surface area is 176 Å². The van der Waals surface area contributed by atoms with E-state index in [4.69, 9.17) is 0 Å². The zero-order valence-corrected chi connectivity index (χ0v) is 18.2. The number of hydrogen-bond donors (Lipinski definition) is 2. The molecule has 1 aliphatic rings. The Morgan fingerprint density at radius 1 is 1.22 bits per heavy atom. The molecule has 1 fully saturated rings. The van der Waals surface area contributed by atoms with E-state index in [9.17, 15) is 0 Å². The zero-order chi connectivity index (χ0) is 18.5. The van der Waals surface area contributed by atoms with Crippen molar-refractivity contribution in [2.75, 3.05) is 24.6 Å². The number of nitrogens with one attached hydrogen (secondary N) is 2. The van der Waals surface area contributed by atoms with Crippen molar-refractivity contribution in [3.63, 3.8) is 0 Å².